The highest BCUT2D eigenvalue weighted by Crippen LogP contribution is 2.32. The predicted molar refractivity (Wildman–Crippen MR) is 394 cm³/mol. The molecule has 476 valence electrons. The summed E-state index contributed by atoms with van der Waals surface area (Å²) >= 11 is 0. The summed E-state index contributed by atoms with van der Waals surface area (Å²) in [4.78, 5) is 0. The van der Waals surface area contributed by atoms with E-state index in [-0.39, 0.29) is 7.43 Å². The number of aryl methyl sites for hydroxylation is 5. The Labute approximate surface area is 535 Å². The SMILES string of the molecule is C.Cc1c(C(C)C)cc(C(C)C)cc1C(C)C.Cc1c(C(C)C)cccc1C(C)C.Cc1cc(C(C)C)cc(C(C)C)c1.Cc1ccc(C(C)C)cc1.Cc1ccc(C(C)C)cc1C(C)C.Cc1cccc(C(C)C)c1.Cc1ccccc1C(C)C. The maximum atomic E-state index is 2.40. The molecule has 0 saturated heterocycles. The quantitative estimate of drug-likeness (QED) is 0.114. The van der Waals surface area contributed by atoms with Crippen LogP contribution in [-0.4, -0.2) is 0 Å². The average molecular weight is 1170 g/mol. The molecule has 0 aliphatic rings. The third kappa shape index (κ3) is 28.6. The first-order valence-electron chi connectivity index (χ1n) is 33.2. The highest BCUT2D eigenvalue weighted by Gasteiger charge is 2.15. The topological polar surface area (TPSA) is 0 Å². The van der Waals surface area contributed by atoms with Crippen molar-refractivity contribution in [1.82, 2.24) is 0 Å². The molecule has 86 heavy (non-hydrogen) atoms. The molecule has 0 unspecified atom stereocenters. The smallest absolute Gasteiger partial charge is 0.0216 e. The van der Waals surface area contributed by atoms with Crippen molar-refractivity contribution in [3.63, 3.8) is 0 Å². The molecule has 0 spiro atoms. The van der Waals surface area contributed by atoms with Gasteiger partial charge in [-0.3, -0.25) is 0 Å². The largest absolute Gasteiger partial charge is 0.0776 e. The molecule has 0 saturated carbocycles. The fraction of sp³-hybridized carbons (Fsp3) is 0.512. The van der Waals surface area contributed by atoms with Crippen LogP contribution in [0.3, 0.4) is 0 Å². The van der Waals surface area contributed by atoms with Crippen LogP contribution in [0.2, 0.25) is 0 Å². The van der Waals surface area contributed by atoms with Crippen molar-refractivity contribution in [2.75, 3.05) is 0 Å². The van der Waals surface area contributed by atoms with Gasteiger partial charge in [-0.05, 0) is 208 Å². The molecular weight excluding hydrogens is 1030 g/mol. The van der Waals surface area contributed by atoms with E-state index in [1.807, 2.05) is 0 Å². The molecular formula is C86H132. The van der Waals surface area contributed by atoms with Gasteiger partial charge in [0.1, 0.15) is 0 Å². The number of benzene rings is 7. The normalized spacial score (nSPS) is 11.0. The first-order valence-corrected chi connectivity index (χ1v) is 33.2. The van der Waals surface area contributed by atoms with Crippen LogP contribution >= 0.6 is 0 Å². The fourth-order valence-electron chi connectivity index (χ4n) is 10.6. The number of rotatable bonds is 12. The summed E-state index contributed by atoms with van der Waals surface area (Å²) in [5, 5.41) is 0. The summed E-state index contributed by atoms with van der Waals surface area (Å²) in [6, 6.07) is 51.1. The van der Waals surface area contributed by atoms with Gasteiger partial charge in [-0.25, -0.2) is 0 Å². The molecule has 0 aliphatic carbocycles. The van der Waals surface area contributed by atoms with E-state index < -0.39 is 0 Å². The van der Waals surface area contributed by atoms with Crippen molar-refractivity contribution in [1.29, 1.82) is 0 Å². The highest BCUT2D eigenvalue weighted by atomic mass is 14.2. The number of hydrogen-bond acceptors (Lipinski definition) is 0. The van der Waals surface area contributed by atoms with E-state index in [2.05, 4.69) is 354 Å². The van der Waals surface area contributed by atoms with E-state index in [1.165, 1.54) is 106 Å². The van der Waals surface area contributed by atoms with Gasteiger partial charge in [0.25, 0.3) is 0 Å². The van der Waals surface area contributed by atoms with Crippen LogP contribution in [0.25, 0.3) is 0 Å². The Morgan fingerprint density at radius 1 is 0.186 bits per heavy atom. The van der Waals surface area contributed by atoms with Crippen molar-refractivity contribution in [2.45, 2.75) is 293 Å². The van der Waals surface area contributed by atoms with Crippen molar-refractivity contribution in [2.24, 2.45) is 0 Å². The molecule has 0 amide bonds. The van der Waals surface area contributed by atoms with Gasteiger partial charge < -0.3 is 0 Å². The van der Waals surface area contributed by atoms with Crippen LogP contribution in [0.5, 0.6) is 0 Å². The Hall–Kier alpha value is -5.46. The second kappa shape index (κ2) is 40.2. The maximum Gasteiger partial charge on any atom is -0.0216 e. The molecule has 0 radical (unpaired) electrons. The Bertz CT molecular complexity index is 2860. The second-order valence-corrected chi connectivity index (χ2v) is 28.2. The van der Waals surface area contributed by atoms with Gasteiger partial charge in [-0.15, -0.1) is 0 Å². The van der Waals surface area contributed by atoms with E-state index in [0.29, 0.717) is 71.0 Å². The highest BCUT2D eigenvalue weighted by molar-refractivity contribution is 5.43. The van der Waals surface area contributed by atoms with Crippen molar-refractivity contribution >= 4 is 0 Å². The average Bonchev–Trinajstić information content (AvgIpc) is 3.51. The molecule has 0 N–H and O–H groups in total. The van der Waals surface area contributed by atoms with Crippen LogP contribution in [0.15, 0.2) is 140 Å². The monoisotopic (exact) mass is 1170 g/mol. The minimum atomic E-state index is 0. The summed E-state index contributed by atoms with van der Waals surface area (Å²) in [7, 11) is 0. The van der Waals surface area contributed by atoms with Crippen LogP contribution in [0, 0.1) is 48.5 Å². The molecule has 7 aromatic carbocycles. The van der Waals surface area contributed by atoms with E-state index in [4.69, 9.17) is 0 Å². The third-order valence-corrected chi connectivity index (χ3v) is 16.4. The van der Waals surface area contributed by atoms with Gasteiger partial charge >= 0.3 is 0 Å². The minimum Gasteiger partial charge on any atom is -0.0776 e. The third-order valence-electron chi connectivity index (χ3n) is 16.4. The number of hydrogen-bond donors (Lipinski definition) is 0. The molecule has 0 atom stereocenters. The lowest BCUT2D eigenvalue weighted by molar-refractivity contribution is 0.792. The fourth-order valence-corrected chi connectivity index (χ4v) is 10.6. The molecule has 0 fully saturated rings. The molecule has 0 aromatic heterocycles. The molecule has 0 heterocycles. The summed E-state index contributed by atoms with van der Waals surface area (Å²) in [5.74, 6) is 7.65. The second-order valence-electron chi connectivity index (χ2n) is 28.2. The van der Waals surface area contributed by atoms with E-state index in [9.17, 15) is 0 Å². The van der Waals surface area contributed by atoms with Crippen LogP contribution in [0.1, 0.15) is 350 Å². The zero-order valence-corrected chi connectivity index (χ0v) is 60.7. The van der Waals surface area contributed by atoms with Crippen LogP contribution in [0.4, 0.5) is 0 Å². The summed E-state index contributed by atoms with van der Waals surface area (Å²) < 4.78 is 0. The van der Waals surface area contributed by atoms with Crippen molar-refractivity contribution in [3.05, 3.63) is 245 Å². The summed E-state index contributed by atoms with van der Waals surface area (Å²) in [6.07, 6.45) is 0. The van der Waals surface area contributed by atoms with Crippen molar-refractivity contribution in [3.8, 4) is 0 Å². The molecule has 0 nitrogen and oxygen atoms in total. The van der Waals surface area contributed by atoms with Gasteiger partial charge in [0, 0.05) is 0 Å². The molecule has 0 bridgehead atoms. The molecule has 7 aromatic rings. The Morgan fingerprint density at radius 2 is 0.488 bits per heavy atom. The minimum absolute atomic E-state index is 0. The standard InChI is InChI=1S/C16H26.3C13H20.3C10H14.CH4/c1-10(2)14-8-15(11(3)4)13(7)16(9-14)12(5)6;1-9(2)12-6-11(5)7-13(8-12)10(3)4;1-9(2)12-7-6-11(5)13(8-12)10(3)4;1-9(2)12-7-6-8-13(10(3)4)11(12)5;1-8(2)10-6-4-9(3)5-7-10;1-8(2)10-6-4-5-9(3)7-10;1-8(2)10-7-5-4-6-9(10)3;/h8-12H,1-7H3;3*6-10H,1-5H3;3*4-8H,1-3H3;1H4. The van der Waals surface area contributed by atoms with Gasteiger partial charge in [0.15, 0.2) is 0 Å². The van der Waals surface area contributed by atoms with Crippen molar-refractivity contribution < 1.29 is 0 Å². The van der Waals surface area contributed by atoms with E-state index in [0.717, 1.165) is 0 Å². The summed E-state index contributed by atoms with van der Waals surface area (Å²) in [5.41, 5.74) is 27.6. The zero-order chi connectivity index (χ0) is 65.2. The Kier molecular flexibility index (Phi) is 37.6. The first-order chi connectivity index (χ1) is 39.5. The van der Waals surface area contributed by atoms with Gasteiger partial charge in [0.05, 0.1) is 0 Å². The van der Waals surface area contributed by atoms with Gasteiger partial charge in [0.2, 0.25) is 0 Å². The Morgan fingerprint density at radius 3 is 0.837 bits per heavy atom. The lowest BCUT2D eigenvalue weighted by Gasteiger charge is -2.20. The lowest BCUT2D eigenvalue weighted by Crippen LogP contribution is -2.03. The van der Waals surface area contributed by atoms with Gasteiger partial charge in [-0.2, -0.15) is 0 Å². The van der Waals surface area contributed by atoms with Gasteiger partial charge in [-0.1, -0.05) is 330 Å². The van der Waals surface area contributed by atoms with E-state index in [1.54, 1.807) is 0 Å². The zero-order valence-electron chi connectivity index (χ0n) is 60.7. The molecule has 0 heteroatoms. The molecule has 0 aliphatic heterocycles. The predicted octanol–water partition coefficient (Wildman–Crippen LogP) is 28.1. The maximum absolute atomic E-state index is 2.40. The summed E-state index contributed by atoms with van der Waals surface area (Å²) in [6.45, 7) is 69.3. The Balaban J connectivity index is 0.000000984. The lowest BCUT2D eigenvalue weighted by atomic mass is 9.85. The van der Waals surface area contributed by atoms with Crippen LogP contribution < -0.4 is 0 Å². The molecule has 7 rings (SSSR count). The van der Waals surface area contributed by atoms with Crippen LogP contribution in [-0.2, 0) is 0 Å². The van der Waals surface area contributed by atoms with E-state index >= 15 is 0 Å². The first kappa shape index (κ1) is 80.5.